The SMILES string of the molecule is CCC(N)C(c1ccc(Br)s1)n1cnc(C#N)c1C#N. The molecule has 2 rings (SSSR count). The summed E-state index contributed by atoms with van der Waals surface area (Å²) in [4.78, 5) is 5.02. The minimum Gasteiger partial charge on any atom is -0.326 e. The van der Waals surface area contributed by atoms with Gasteiger partial charge in [0.25, 0.3) is 0 Å². The molecule has 0 amide bonds. The summed E-state index contributed by atoms with van der Waals surface area (Å²) in [5.41, 5.74) is 6.61. The molecule has 0 saturated carbocycles. The van der Waals surface area contributed by atoms with E-state index in [0.717, 1.165) is 15.1 Å². The van der Waals surface area contributed by atoms with E-state index in [1.165, 1.54) is 6.33 Å². The van der Waals surface area contributed by atoms with Crippen molar-refractivity contribution in [2.45, 2.75) is 25.4 Å². The minimum absolute atomic E-state index is 0.136. The van der Waals surface area contributed by atoms with Crippen molar-refractivity contribution in [1.29, 1.82) is 10.5 Å². The second-order valence-electron chi connectivity index (χ2n) is 4.23. The summed E-state index contributed by atoms with van der Waals surface area (Å²) in [5, 5.41) is 18.3. The number of halogens is 1. The van der Waals surface area contributed by atoms with Crippen molar-refractivity contribution < 1.29 is 0 Å². The van der Waals surface area contributed by atoms with Crippen LogP contribution in [0.5, 0.6) is 0 Å². The second-order valence-corrected chi connectivity index (χ2v) is 6.73. The van der Waals surface area contributed by atoms with Crippen molar-refractivity contribution in [3.05, 3.63) is 38.5 Å². The Labute approximate surface area is 129 Å². The Bertz CT molecular complexity index is 690. The van der Waals surface area contributed by atoms with Crippen LogP contribution in [-0.2, 0) is 0 Å². The summed E-state index contributed by atoms with van der Waals surface area (Å²) >= 11 is 5.00. The fraction of sp³-hybridized carbons (Fsp3) is 0.308. The van der Waals surface area contributed by atoms with Gasteiger partial charge in [-0.3, -0.25) is 0 Å². The minimum atomic E-state index is -0.194. The molecule has 20 heavy (non-hydrogen) atoms. The Kier molecular flexibility index (Phi) is 4.56. The lowest BCUT2D eigenvalue weighted by Crippen LogP contribution is -2.32. The first kappa shape index (κ1) is 14.7. The van der Waals surface area contributed by atoms with E-state index in [1.807, 2.05) is 31.2 Å². The number of thiophene rings is 1. The van der Waals surface area contributed by atoms with E-state index < -0.39 is 0 Å². The molecule has 2 atom stereocenters. The van der Waals surface area contributed by atoms with Crippen molar-refractivity contribution in [3.63, 3.8) is 0 Å². The maximum Gasteiger partial charge on any atom is 0.176 e. The van der Waals surface area contributed by atoms with Gasteiger partial charge in [0.15, 0.2) is 11.4 Å². The molecule has 2 heterocycles. The summed E-state index contributed by atoms with van der Waals surface area (Å²) < 4.78 is 2.70. The molecule has 2 unspecified atom stereocenters. The monoisotopic (exact) mass is 349 g/mol. The highest BCUT2D eigenvalue weighted by atomic mass is 79.9. The molecule has 0 fully saturated rings. The van der Waals surface area contributed by atoms with Crippen LogP contribution >= 0.6 is 27.3 Å². The standard InChI is InChI=1S/C13H12BrN5S/c1-2-8(17)13(11-3-4-12(14)20-11)19-7-18-9(5-15)10(19)6-16/h3-4,7-8,13H,2,17H2,1H3. The molecule has 2 aromatic rings. The first-order valence-corrected chi connectivity index (χ1v) is 7.61. The van der Waals surface area contributed by atoms with Gasteiger partial charge < -0.3 is 10.3 Å². The smallest absolute Gasteiger partial charge is 0.176 e. The first-order valence-electron chi connectivity index (χ1n) is 6.00. The first-order chi connectivity index (χ1) is 9.62. The van der Waals surface area contributed by atoms with E-state index in [2.05, 4.69) is 20.9 Å². The molecular weight excluding hydrogens is 338 g/mol. The van der Waals surface area contributed by atoms with Crippen LogP contribution in [0.2, 0.25) is 0 Å². The van der Waals surface area contributed by atoms with Gasteiger partial charge in [-0.1, -0.05) is 6.92 Å². The third-order valence-electron chi connectivity index (χ3n) is 3.07. The number of rotatable bonds is 4. The van der Waals surface area contributed by atoms with Gasteiger partial charge in [0.05, 0.1) is 16.2 Å². The summed E-state index contributed by atoms with van der Waals surface area (Å²) in [6.45, 7) is 1.99. The Morgan fingerprint density at radius 2 is 2.20 bits per heavy atom. The topological polar surface area (TPSA) is 91.4 Å². The maximum absolute atomic E-state index is 9.27. The Morgan fingerprint density at radius 3 is 2.70 bits per heavy atom. The van der Waals surface area contributed by atoms with E-state index in [9.17, 15) is 5.26 Å². The van der Waals surface area contributed by atoms with E-state index in [-0.39, 0.29) is 23.5 Å². The second kappa shape index (κ2) is 6.19. The van der Waals surface area contributed by atoms with Crippen molar-refractivity contribution in [3.8, 4) is 12.1 Å². The van der Waals surface area contributed by atoms with E-state index in [1.54, 1.807) is 15.9 Å². The number of aromatic nitrogens is 2. The molecule has 2 aromatic heterocycles. The van der Waals surface area contributed by atoms with Gasteiger partial charge in [-0.2, -0.15) is 10.5 Å². The summed E-state index contributed by atoms with van der Waals surface area (Å²) in [6.07, 6.45) is 2.27. The molecule has 0 aliphatic rings. The highest BCUT2D eigenvalue weighted by Crippen LogP contribution is 2.33. The van der Waals surface area contributed by atoms with Crippen LogP contribution in [-0.4, -0.2) is 15.6 Å². The fourth-order valence-electron chi connectivity index (χ4n) is 2.03. The van der Waals surface area contributed by atoms with Crippen LogP contribution in [0.3, 0.4) is 0 Å². The normalized spacial score (nSPS) is 13.4. The molecule has 0 aliphatic carbocycles. The van der Waals surface area contributed by atoms with Crippen LogP contribution < -0.4 is 5.73 Å². The van der Waals surface area contributed by atoms with E-state index in [4.69, 9.17) is 11.0 Å². The van der Waals surface area contributed by atoms with Crippen LogP contribution in [0.1, 0.15) is 35.7 Å². The number of nitrogens with two attached hydrogens (primary N) is 1. The van der Waals surface area contributed by atoms with Crippen LogP contribution in [0, 0.1) is 22.7 Å². The predicted octanol–water partition coefficient (Wildman–Crippen LogP) is 2.78. The molecule has 7 heteroatoms. The average molecular weight is 350 g/mol. The summed E-state index contributed by atoms with van der Waals surface area (Å²) in [6, 6.07) is 7.55. The third kappa shape index (κ3) is 2.61. The third-order valence-corrected chi connectivity index (χ3v) is 4.76. The van der Waals surface area contributed by atoms with Gasteiger partial charge in [0.2, 0.25) is 0 Å². The molecular formula is C13H12BrN5S. The van der Waals surface area contributed by atoms with Crippen molar-refractivity contribution >= 4 is 27.3 Å². The highest BCUT2D eigenvalue weighted by Gasteiger charge is 2.26. The molecule has 0 aromatic carbocycles. The lowest BCUT2D eigenvalue weighted by atomic mass is 10.0. The van der Waals surface area contributed by atoms with Crippen molar-refractivity contribution in [1.82, 2.24) is 9.55 Å². The van der Waals surface area contributed by atoms with Crippen molar-refractivity contribution in [2.24, 2.45) is 5.73 Å². The molecule has 102 valence electrons. The van der Waals surface area contributed by atoms with Crippen molar-refractivity contribution in [2.75, 3.05) is 0 Å². The highest BCUT2D eigenvalue weighted by molar-refractivity contribution is 9.11. The largest absolute Gasteiger partial charge is 0.326 e. The van der Waals surface area contributed by atoms with Gasteiger partial charge in [0.1, 0.15) is 12.1 Å². The molecule has 0 saturated heterocycles. The number of hydrogen-bond acceptors (Lipinski definition) is 5. The molecule has 0 bridgehead atoms. The van der Waals surface area contributed by atoms with Gasteiger partial charge in [0, 0.05) is 10.9 Å². The van der Waals surface area contributed by atoms with E-state index >= 15 is 0 Å². The van der Waals surface area contributed by atoms with Gasteiger partial charge in [-0.15, -0.1) is 11.3 Å². The average Bonchev–Trinajstić information content (AvgIpc) is 3.05. The summed E-state index contributed by atoms with van der Waals surface area (Å²) in [5.74, 6) is 0. The molecule has 2 N–H and O–H groups in total. The zero-order chi connectivity index (χ0) is 14.7. The molecule has 5 nitrogen and oxygen atoms in total. The van der Waals surface area contributed by atoms with Crippen LogP contribution in [0.4, 0.5) is 0 Å². The quantitative estimate of drug-likeness (QED) is 0.918. The summed E-state index contributed by atoms with van der Waals surface area (Å²) in [7, 11) is 0. The predicted molar refractivity (Wildman–Crippen MR) is 80.1 cm³/mol. The number of hydrogen-bond donors (Lipinski definition) is 1. The number of nitriles is 2. The molecule has 0 spiro atoms. The van der Waals surface area contributed by atoms with Crippen LogP contribution in [0.15, 0.2) is 22.2 Å². The Hall–Kier alpha value is -1.67. The zero-order valence-corrected chi connectivity index (χ0v) is 13.1. The van der Waals surface area contributed by atoms with Crippen LogP contribution in [0.25, 0.3) is 0 Å². The lowest BCUT2D eigenvalue weighted by molar-refractivity contribution is 0.462. The van der Waals surface area contributed by atoms with Gasteiger partial charge in [-0.25, -0.2) is 4.98 Å². The Morgan fingerprint density at radius 1 is 1.45 bits per heavy atom. The zero-order valence-electron chi connectivity index (χ0n) is 10.7. The van der Waals surface area contributed by atoms with Gasteiger partial charge >= 0.3 is 0 Å². The number of nitrogens with zero attached hydrogens (tertiary/aromatic N) is 4. The Balaban J connectivity index is 2.56. The lowest BCUT2D eigenvalue weighted by Gasteiger charge is -2.23. The van der Waals surface area contributed by atoms with E-state index in [0.29, 0.717) is 0 Å². The maximum atomic E-state index is 9.27. The van der Waals surface area contributed by atoms with Gasteiger partial charge in [-0.05, 0) is 34.5 Å². The fourth-order valence-corrected chi connectivity index (χ4v) is 3.63. The number of imidazole rings is 1. The molecule has 0 radical (unpaired) electrons. The molecule has 0 aliphatic heterocycles.